The third-order valence-corrected chi connectivity index (χ3v) is 2.41. The summed E-state index contributed by atoms with van der Waals surface area (Å²) in [4.78, 5) is 0. The first-order valence-electron chi connectivity index (χ1n) is 4.81. The zero-order valence-electron chi connectivity index (χ0n) is 8.61. The normalized spacial score (nSPS) is 12.5. The molecule has 0 nitrogen and oxygen atoms in total. The largest absolute Gasteiger partial charge is 0.0654 e. The van der Waals surface area contributed by atoms with E-state index in [2.05, 4.69) is 34.6 Å². The van der Waals surface area contributed by atoms with Crippen molar-refractivity contribution in [3.8, 4) is 0 Å². The highest BCUT2D eigenvalue weighted by Gasteiger charge is 2.22. The lowest BCUT2D eigenvalue weighted by Gasteiger charge is -2.30. The highest BCUT2D eigenvalue weighted by atomic mass is 14.3. The van der Waals surface area contributed by atoms with Crippen molar-refractivity contribution < 1.29 is 0 Å². The van der Waals surface area contributed by atoms with E-state index >= 15 is 0 Å². The van der Waals surface area contributed by atoms with Crippen molar-refractivity contribution in [2.75, 3.05) is 0 Å². The van der Waals surface area contributed by atoms with E-state index in [1.165, 1.54) is 19.3 Å². The van der Waals surface area contributed by atoms with Gasteiger partial charge in [0.25, 0.3) is 0 Å². The first-order chi connectivity index (χ1) is 5.02. The van der Waals surface area contributed by atoms with Crippen molar-refractivity contribution in [3.63, 3.8) is 0 Å². The second-order valence-electron chi connectivity index (χ2n) is 4.49. The molecule has 1 atom stereocenters. The molecule has 0 saturated heterocycles. The zero-order valence-corrected chi connectivity index (χ0v) is 8.61. The fourth-order valence-electron chi connectivity index (χ4n) is 1.61. The van der Waals surface area contributed by atoms with Crippen LogP contribution in [0.3, 0.4) is 0 Å². The molecule has 0 fully saturated rings. The summed E-state index contributed by atoms with van der Waals surface area (Å²) in [5.41, 5.74) is 0.480. The lowest BCUT2D eigenvalue weighted by Crippen LogP contribution is -2.19. The Morgan fingerprint density at radius 3 is 2.00 bits per heavy atom. The Morgan fingerprint density at radius 1 is 1.18 bits per heavy atom. The highest BCUT2D eigenvalue weighted by Crippen LogP contribution is 2.32. The monoisotopic (exact) mass is 155 g/mol. The summed E-state index contributed by atoms with van der Waals surface area (Å²) >= 11 is 0. The summed E-state index contributed by atoms with van der Waals surface area (Å²) in [6, 6.07) is 0. The van der Waals surface area contributed by atoms with Crippen LogP contribution in [0.5, 0.6) is 0 Å². The summed E-state index contributed by atoms with van der Waals surface area (Å²) in [7, 11) is 0. The molecule has 0 heterocycles. The summed E-state index contributed by atoms with van der Waals surface area (Å²) in [6.07, 6.45) is 5.04. The van der Waals surface area contributed by atoms with Crippen molar-refractivity contribution in [2.24, 2.45) is 11.3 Å². The summed E-state index contributed by atoms with van der Waals surface area (Å²) in [5, 5.41) is 0. The minimum atomic E-state index is 0.480. The Bertz CT molecular complexity index is 80.7. The Labute approximate surface area is 72.4 Å². The Hall–Kier alpha value is 0. The van der Waals surface area contributed by atoms with Gasteiger partial charge in [0.2, 0.25) is 0 Å². The number of hydrogen-bond acceptors (Lipinski definition) is 0. The molecule has 0 saturated carbocycles. The molecule has 0 aliphatic heterocycles. The van der Waals surface area contributed by atoms with Crippen LogP contribution < -0.4 is 0 Å². The average Bonchev–Trinajstić information content (AvgIpc) is 1.85. The molecule has 0 aliphatic carbocycles. The molecule has 0 heteroatoms. The molecule has 1 radical (unpaired) electrons. The summed E-state index contributed by atoms with van der Waals surface area (Å²) in [6.45, 7) is 13.2. The van der Waals surface area contributed by atoms with E-state index < -0.39 is 0 Å². The van der Waals surface area contributed by atoms with Gasteiger partial charge in [-0.2, -0.15) is 0 Å². The fraction of sp³-hybridized carbons (Fsp3) is 0.909. The van der Waals surface area contributed by atoms with Gasteiger partial charge in [0, 0.05) is 0 Å². The van der Waals surface area contributed by atoms with Gasteiger partial charge in [0.1, 0.15) is 0 Å². The standard InChI is InChI=1S/C11H23/c1-6-8-10(9-7-2)11(3,4)5/h10H,1,6-9H2,2-5H3. The Kier molecular flexibility index (Phi) is 4.79. The van der Waals surface area contributed by atoms with E-state index in [0.717, 1.165) is 12.3 Å². The molecule has 11 heavy (non-hydrogen) atoms. The molecule has 0 aromatic carbocycles. The van der Waals surface area contributed by atoms with Crippen LogP contribution in [-0.2, 0) is 0 Å². The lowest BCUT2D eigenvalue weighted by atomic mass is 9.76. The SMILES string of the molecule is [CH2]CCC(CCC)C(C)(C)C. The van der Waals surface area contributed by atoms with E-state index in [-0.39, 0.29) is 0 Å². The molecule has 0 aromatic rings. The van der Waals surface area contributed by atoms with Crippen molar-refractivity contribution in [3.05, 3.63) is 6.92 Å². The molecule has 0 spiro atoms. The van der Waals surface area contributed by atoms with E-state index in [4.69, 9.17) is 0 Å². The van der Waals surface area contributed by atoms with Crippen molar-refractivity contribution in [2.45, 2.75) is 53.4 Å². The van der Waals surface area contributed by atoms with Crippen molar-refractivity contribution >= 4 is 0 Å². The third kappa shape index (κ3) is 4.44. The molecule has 0 amide bonds. The maximum Gasteiger partial charge on any atom is -0.0354 e. The molecular formula is C11H23. The molecule has 0 bridgehead atoms. The molecular weight excluding hydrogens is 132 g/mol. The maximum absolute atomic E-state index is 3.92. The molecule has 0 aromatic heterocycles. The first kappa shape index (κ1) is 11.0. The van der Waals surface area contributed by atoms with Gasteiger partial charge in [-0.1, -0.05) is 53.9 Å². The predicted octanol–water partition coefficient (Wildman–Crippen LogP) is 4.06. The quantitative estimate of drug-likeness (QED) is 0.574. The number of hydrogen-bond donors (Lipinski definition) is 0. The highest BCUT2D eigenvalue weighted by molar-refractivity contribution is 4.73. The van der Waals surface area contributed by atoms with E-state index in [9.17, 15) is 0 Å². The fourth-order valence-corrected chi connectivity index (χ4v) is 1.61. The van der Waals surface area contributed by atoms with Crippen molar-refractivity contribution in [1.29, 1.82) is 0 Å². The number of rotatable bonds is 4. The zero-order chi connectivity index (χ0) is 8.91. The van der Waals surface area contributed by atoms with Crippen LogP contribution in [0, 0.1) is 18.3 Å². The minimum Gasteiger partial charge on any atom is -0.0654 e. The van der Waals surface area contributed by atoms with Gasteiger partial charge in [-0.3, -0.25) is 0 Å². The first-order valence-corrected chi connectivity index (χ1v) is 4.81. The summed E-state index contributed by atoms with van der Waals surface area (Å²) < 4.78 is 0. The van der Waals surface area contributed by atoms with Gasteiger partial charge in [-0.15, -0.1) is 0 Å². The Morgan fingerprint density at radius 2 is 1.73 bits per heavy atom. The molecule has 1 unspecified atom stereocenters. The molecule has 0 rings (SSSR count). The van der Waals surface area contributed by atoms with Crippen LogP contribution in [0.15, 0.2) is 0 Å². The van der Waals surface area contributed by atoms with Gasteiger partial charge in [0.05, 0.1) is 0 Å². The van der Waals surface area contributed by atoms with Gasteiger partial charge >= 0.3 is 0 Å². The Balaban J connectivity index is 3.88. The van der Waals surface area contributed by atoms with Crippen LogP contribution in [0.1, 0.15) is 53.4 Å². The van der Waals surface area contributed by atoms with Gasteiger partial charge in [-0.05, 0) is 17.8 Å². The molecule has 0 N–H and O–H groups in total. The van der Waals surface area contributed by atoms with Gasteiger partial charge in [0.15, 0.2) is 0 Å². The van der Waals surface area contributed by atoms with E-state index in [1.54, 1.807) is 0 Å². The minimum absolute atomic E-state index is 0.480. The second kappa shape index (κ2) is 4.79. The second-order valence-corrected chi connectivity index (χ2v) is 4.49. The van der Waals surface area contributed by atoms with E-state index in [1.807, 2.05) is 0 Å². The average molecular weight is 155 g/mol. The lowest BCUT2D eigenvalue weighted by molar-refractivity contribution is 0.211. The maximum atomic E-state index is 3.92. The predicted molar refractivity (Wildman–Crippen MR) is 52.4 cm³/mol. The van der Waals surface area contributed by atoms with Gasteiger partial charge in [-0.25, -0.2) is 0 Å². The smallest absolute Gasteiger partial charge is 0.0354 e. The molecule has 67 valence electrons. The van der Waals surface area contributed by atoms with Crippen LogP contribution in [0.2, 0.25) is 0 Å². The van der Waals surface area contributed by atoms with Crippen LogP contribution in [0.4, 0.5) is 0 Å². The molecule has 0 aliphatic rings. The third-order valence-electron chi connectivity index (χ3n) is 2.41. The van der Waals surface area contributed by atoms with Crippen LogP contribution in [0.25, 0.3) is 0 Å². The van der Waals surface area contributed by atoms with Crippen LogP contribution in [-0.4, -0.2) is 0 Å². The summed E-state index contributed by atoms with van der Waals surface area (Å²) in [5.74, 6) is 0.866. The van der Waals surface area contributed by atoms with Crippen molar-refractivity contribution in [1.82, 2.24) is 0 Å². The topological polar surface area (TPSA) is 0 Å². The van der Waals surface area contributed by atoms with Crippen LogP contribution >= 0.6 is 0 Å². The van der Waals surface area contributed by atoms with E-state index in [0.29, 0.717) is 5.41 Å². The van der Waals surface area contributed by atoms with Gasteiger partial charge < -0.3 is 0 Å².